The van der Waals surface area contributed by atoms with Gasteiger partial charge in [-0.2, -0.15) is 0 Å². The molecule has 1 rings (SSSR count). The summed E-state index contributed by atoms with van der Waals surface area (Å²) in [6.07, 6.45) is 1.87. The second-order valence-electron chi connectivity index (χ2n) is 4.79. The molecule has 116 valence electrons. The Bertz CT molecular complexity index is 490. The van der Waals surface area contributed by atoms with Crippen LogP contribution in [0.1, 0.15) is 37.2 Å². The summed E-state index contributed by atoms with van der Waals surface area (Å²) in [5.41, 5.74) is 0.234. The number of carbonyl (C=O) groups excluding carboxylic acids is 2. The molecule has 5 nitrogen and oxygen atoms in total. The van der Waals surface area contributed by atoms with Gasteiger partial charge in [0.2, 0.25) is 0 Å². The molecule has 0 aromatic carbocycles. The van der Waals surface area contributed by atoms with E-state index in [9.17, 15) is 9.59 Å². The van der Waals surface area contributed by atoms with Crippen molar-refractivity contribution in [3.63, 3.8) is 0 Å². The molecule has 21 heavy (non-hydrogen) atoms. The van der Waals surface area contributed by atoms with Crippen LogP contribution in [0.4, 0.5) is 0 Å². The fourth-order valence-electron chi connectivity index (χ4n) is 1.99. The SMILES string of the molecule is CCC(CC)CN(CC(=O)OC)C(=O)c1cccc(Cl)n1. The third-order valence-corrected chi connectivity index (χ3v) is 3.61. The maximum atomic E-state index is 12.5. The van der Waals surface area contributed by atoms with Crippen molar-refractivity contribution in [1.29, 1.82) is 0 Å². The highest BCUT2D eigenvalue weighted by Gasteiger charge is 2.22. The Morgan fingerprint density at radius 3 is 2.52 bits per heavy atom. The Hall–Kier alpha value is -1.62. The first-order chi connectivity index (χ1) is 10.0. The number of carbonyl (C=O) groups is 2. The fraction of sp³-hybridized carbons (Fsp3) is 0.533. The summed E-state index contributed by atoms with van der Waals surface area (Å²) in [5, 5.41) is 0.251. The van der Waals surface area contributed by atoms with Gasteiger partial charge in [0.1, 0.15) is 17.4 Å². The molecule has 1 aromatic rings. The highest BCUT2D eigenvalue weighted by atomic mass is 35.5. The zero-order chi connectivity index (χ0) is 15.8. The maximum absolute atomic E-state index is 12.5. The number of hydrogen-bond acceptors (Lipinski definition) is 4. The zero-order valence-corrected chi connectivity index (χ0v) is 13.4. The second kappa shape index (κ2) is 8.62. The number of rotatable bonds is 7. The van der Waals surface area contributed by atoms with Gasteiger partial charge in [-0.15, -0.1) is 0 Å². The predicted molar refractivity (Wildman–Crippen MR) is 81.2 cm³/mol. The quantitative estimate of drug-likeness (QED) is 0.574. The van der Waals surface area contributed by atoms with Crippen LogP contribution in [0.2, 0.25) is 5.15 Å². The van der Waals surface area contributed by atoms with Gasteiger partial charge in [-0.1, -0.05) is 44.4 Å². The Morgan fingerprint density at radius 1 is 1.33 bits per heavy atom. The molecule has 0 aliphatic rings. The largest absolute Gasteiger partial charge is 0.468 e. The number of hydrogen-bond donors (Lipinski definition) is 0. The molecule has 0 aliphatic carbocycles. The van der Waals surface area contributed by atoms with Gasteiger partial charge in [0.15, 0.2) is 0 Å². The minimum atomic E-state index is -0.448. The number of ether oxygens (including phenoxy) is 1. The molecule has 0 atom stereocenters. The first-order valence-corrected chi connectivity index (χ1v) is 7.38. The van der Waals surface area contributed by atoms with Gasteiger partial charge in [0.25, 0.3) is 5.91 Å². The van der Waals surface area contributed by atoms with E-state index in [2.05, 4.69) is 23.6 Å². The smallest absolute Gasteiger partial charge is 0.325 e. The van der Waals surface area contributed by atoms with E-state index in [1.54, 1.807) is 18.2 Å². The Kier molecular flexibility index (Phi) is 7.15. The predicted octanol–water partition coefficient (Wildman–Crippen LogP) is 2.79. The molecule has 0 aliphatic heterocycles. The van der Waals surface area contributed by atoms with Crippen molar-refractivity contribution in [2.24, 2.45) is 5.92 Å². The second-order valence-corrected chi connectivity index (χ2v) is 5.18. The van der Waals surface area contributed by atoms with Crippen LogP contribution in [-0.4, -0.2) is 42.0 Å². The Labute approximate surface area is 130 Å². The molecule has 1 amide bonds. The maximum Gasteiger partial charge on any atom is 0.325 e. The van der Waals surface area contributed by atoms with Crippen LogP contribution >= 0.6 is 11.6 Å². The van der Waals surface area contributed by atoms with Crippen molar-refractivity contribution in [1.82, 2.24) is 9.88 Å². The van der Waals surface area contributed by atoms with Crippen molar-refractivity contribution in [3.8, 4) is 0 Å². The molecule has 0 spiro atoms. The number of nitrogens with zero attached hydrogens (tertiary/aromatic N) is 2. The van der Waals surface area contributed by atoms with E-state index in [-0.39, 0.29) is 23.3 Å². The molecule has 0 fully saturated rings. The molecule has 0 unspecified atom stereocenters. The lowest BCUT2D eigenvalue weighted by Gasteiger charge is -2.25. The molecule has 0 saturated carbocycles. The third-order valence-electron chi connectivity index (χ3n) is 3.40. The van der Waals surface area contributed by atoms with Crippen LogP contribution in [0, 0.1) is 5.92 Å². The first kappa shape index (κ1) is 17.4. The molecule has 0 radical (unpaired) electrons. The molecule has 1 aromatic heterocycles. The molecular formula is C15H21ClN2O3. The van der Waals surface area contributed by atoms with Crippen LogP contribution in [0.25, 0.3) is 0 Å². The summed E-state index contributed by atoms with van der Waals surface area (Å²) in [4.78, 5) is 29.5. The number of amides is 1. The van der Waals surface area contributed by atoms with Gasteiger partial charge in [0.05, 0.1) is 7.11 Å². The number of methoxy groups -OCH3 is 1. The normalized spacial score (nSPS) is 10.5. The molecule has 1 heterocycles. The van der Waals surface area contributed by atoms with E-state index in [1.165, 1.54) is 12.0 Å². The minimum absolute atomic E-state index is 0.0833. The van der Waals surface area contributed by atoms with Crippen molar-refractivity contribution < 1.29 is 14.3 Å². The number of halogens is 1. The third kappa shape index (κ3) is 5.34. The van der Waals surface area contributed by atoms with Crippen molar-refractivity contribution in [2.45, 2.75) is 26.7 Å². The van der Waals surface area contributed by atoms with Crippen LogP contribution in [0.5, 0.6) is 0 Å². The van der Waals surface area contributed by atoms with E-state index in [0.717, 1.165) is 12.8 Å². The number of pyridine rings is 1. The average Bonchev–Trinajstić information content (AvgIpc) is 2.50. The van der Waals surface area contributed by atoms with Crippen LogP contribution in [0.3, 0.4) is 0 Å². The minimum Gasteiger partial charge on any atom is -0.468 e. The van der Waals surface area contributed by atoms with Crippen molar-refractivity contribution in [2.75, 3.05) is 20.2 Å². The van der Waals surface area contributed by atoms with Gasteiger partial charge in [-0.05, 0) is 18.1 Å². The highest BCUT2D eigenvalue weighted by molar-refractivity contribution is 6.29. The standard InChI is InChI=1S/C15H21ClN2O3/c1-4-11(5-2)9-18(10-14(19)21-3)15(20)12-7-6-8-13(16)17-12/h6-8,11H,4-5,9-10H2,1-3H3. The summed E-state index contributed by atoms with van der Waals surface area (Å²) < 4.78 is 4.66. The van der Waals surface area contributed by atoms with E-state index in [4.69, 9.17) is 11.6 Å². The zero-order valence-electron chi connectivity index (χ0n) is 12.6. The summed E-state index contributed by atoms with van der Waals surface area (Å²) in [7, 11) is 1.31. The number of aromatic nitrogens is 1. The molecule has 0 bridgehead atoms. The van der Waals surface area contributed by atoms with Crippen LogP contribution in [0.15, 0.2) is 18.2 Å². The first-order valence-electron chi connectivity index (χ1n) is 7.00. The summed E-state index contributed by atoms with van der Waals surface area (Å²) in [6, 6.07) is 4.85. The topological polar surface area (TPSA) is 59.5 Å². The van der Waals surface area contributed by atoms with Gasteiger partial charge >= 0.3 is 5.97 Å². The van der Waals surface area contributed by atoms with Crippen LogP contribution < -0.4 is 0 Å². The molecule has 0 N–H and O–H groups in total. The van der Waals surface area contributed by atoms with Gasteiger partial charge in [0, 0.05) is 6.54 Å². The summed E-state index contributed by atoms with van der Waals surface area (Å²) >= 11 is 5.81. The summed E-state index contributed by atoms with van der Waals surface area (Å²) in [6.45, 7) is 4.54. The van der Waals surface area contributed by atoms with E-state index >= 15 is 0 Å². The fourth-order valence-corrected chi connectivity index (χ4v) is 2.15. The molecule has 0 saturated heterocycles. The lowest BCUT2D eigenvalue weighted by Crippen LogP contribution is -2.39. The van der Waals surface area contributed by atoms with E-state index < -0.39 is 5.97 Å². The van der Waals surface area contributed by atoms with Gasteiger partial charge < -0.3 is 9.64 Å². The highest BCUT2D eigenvalue weighted by Crippen LogP contribution is 2.13. The summed E-state index contributed by atoms with van der Waals surface area (Å²) in [5.74, 6) is -0.427. The average molecular weight is 313 g/mol. The lowest BCUT2D eigenvalue weighted by atomic mass is 10.0. The van der Waals surface area contributed by atoms with Crippen molar-refractivity contribution in [3.05, 3.63) is 29.0 Å². The number of esters is 1. The Balaban J connectivity index is 2.93. The van der Waals surface area contributed by atoms with Gasteiger partial charge in [-0.3, -0.25) is 9.59 Å². The molecular weight excluding hydrogens is 292 g/mol. The van der Waals surface area contributed by atoms with Crippen LogP contribution in [-0.2, 0) is 9.53 Å². The monoisotopic (exact) mass is 312 g/mol. The van der Waals surface area contributed by atoms with Gasteiger partial charge in [-0.25, -0.2) is 4.98 Å². The van der Waals surface area contributed by atoms with E-state index in [1.807, 2.05) is 0 Å². The van der Waals surface area contributed by atoms with E-state index in [0.29, 0.717) is 12.5 Å². The molecule has 6 heteroatoms. The van der Waals surface area contributed by atoms with Crippen molar-refractivity contribution >= 4 is 23.5 Å². The Morgan fingerprint density at radius 2 is 2.00 bits per heavy atom. The lowest BCUT2D eigenvalue weighted by molar-refractivity contribution is -0.141.